The first-order valence-corrected chi connectivity index (χ1v) is 22.7. The second-order valence-corrected chi connectivity index (χ2v) is 17.0. The van der Waals surface area contributed by atoms with Gasteiger partial charge in [-0.15, -0.1) is 0 Å². The number of nitrogens with two attached hydrogens (primary N) is 1. The number of rotatable bonds is 28. The van der Waals surface area contributed by atoms with Gasteiger partial charge in [0.05, 0.1) is 25.9 Å². The van der Waals surface area contributed by atoms with E-state index in [1.54, 1.807) is 4.72 Å². The maximum Gasteiger partial charge on any atom is 0.333 e. The Balaban J connectivity index is 1.69. The molecule has 11 N–H and O–H groups in total. The summed E-state index contributed by atoms with van der Waals surface area (Å²) in [6, 6.07) is -4.41. The van der Waals surface area contributed by atoms with Crippen LogP contribution in [0.3, 0.4) is 0 Å². The molecule has 59 heavy (non-hydrogen) atoms. The van der Waals surface area contributed by atoms with Crippen LogP contribution in [0, 0.1) is 0 Å². The third kappa shape index (κ3) is 16.1. The number of carbonyl (C=O) groups is 1. The number of methoxy groups -OCH3 is 2. The molecule has 0 radical (unpaired) electrons. The molecule has 15 atom stereocenters. The number of ether oxygens (including phenoxy) is 7. The Bertz CT molecular complexity index is 1270. The van der Waals surface area contributed by atoms with Crippen LogP contribution in [-0.2, 0) is 48.3 Å². The Hall–Kier alpha value is -1.22. The van der Waals surface area contributed by atoms with Crippen molar-refractivity contribution in [2.45, 2.75) is 202 Å². The van der Waals surface area contributed by atoms with Crippen molar-refractivity contribution in [3.63, 3.8) is 0 Å². The van der Waals surface area contributed by atoms with Crippen LogP contribution in [0.4, 0.5) is 0 Å². The van der Waals surface area contributed by atoms with Crippen LogP contribution in [0.15, 0.2) is 0 Å². The molecule has 20 nitrogen and oxygen atoms in total. The van der Waals surface area contributed by atoms with E-state index in [-0.39, 0.29) is 6.42 Å². The molecule has 0 aromatic heterocycles. The Morgan fingerprint density at radius 1 is 0.610 bits per heavy atom. The minimum Gasteiger partial charge on any atom is -0.394 e. The number of aliphatic hydroxyl groups is 6. The van der Waals surface area contributed by atoms with Gasteiger partial charge >= 0.3 is 10.3 Å². The minimum atomic E-state index is -5.00. The largest absolute Gasteiger partial charge is 0.394 e. The molecule has 0 aromatic rings. The van der Waals surface area contributed by atoms with Crippen molar-refractivity contribution < 1.29 is 81.6 Å². The fourth-order valence-corrected chi connectivity index (χ4v) is 8.56. The van der Waals surface area contributed by atoms with Gasteiger partial charge in [-0.1, -0.05) is 96.8 Å². The van der Waals surface area contributed by atoms with Gasteiger partial charge < -0.3 is 74.8 Å². The van der Waals surface area contributed by atoms with E-state index in [1.807, 2.05) is 0 Å². The zero-order valence-electron chi connectivity index (χ0n) is 34.8. The maximum atomic E-state index is 13.4. The molecule has 3 saturated heterocycles. The van der Waals surface area contributed by atoms with Crippen LogP contribution >= 0.6 is 0 Å². The lowest BCUT2D eigenvalue weighted by atomic mass is 9.94. The molecule has 3 heterocycles. The van der Waals surface area contributed by atoms with Crippen LogP contribution in [0.25, 0.3) is 0 Å². The Labute approximate surface area is 348 Å². The van der Waals surface area contributed by atoms with Crippen LogP contribution < -0.4 is 15.8 Å². The van der Waals surface area contributed by atoms with Gasteiger partial charge in [-0.3, -0.25) is 9.35 Å². The number of aliphatic hydroxyl groups excluding tert-OH is 6. The molecule has 3 aliphatic rings. The molecule has 0 saturated carbocycles. The number of carbonyl (C=O) groups excluding carboxylic acids is 1. The van der Waals surface area contributed by atoms with Gasteiger partial charge in [-0.05, 0) is 6.42 Å². The summed E-state index contributed by atoms with van der Waals surface area (Å²) in [5, 5.41) is 67.1. The Morgan fingerprint density at radius 2 is 1.02 bits per heavy atom. The predicted molar refractivity (Wildman–Crippen MR) is 211 cm³/mol. The number of hydrogen-bond donors (Lipinski definition) is 10. The summed E-state index contributed by atoms with van der Waals surface area (Å²) >= 11 is 0. The fourth-order valence-electron chi connectivity index (χ4n) is 7.97. The summed E-state index contributed by atoms with van der Waals surface area (Å²) in [5.41, 5.74) is 6.12. The third-order valence-electron chi connectivity index (χ3n) is 11.3. The standard InChI is InChI=1S/C38H73N3O17S/c1-4-5-6-7-8-9-10-11-12-13-14-15-16-17-18-19-26(45)40-28-31(47)35(58-38-29(41-59(49,50)51)32(48)33(52-2)23(20-42)55-38)25(22-44)56-37(28)57-34-24(21-43)54-36(53-3)27(39)30(34)46/h23-25,27-38,41-44,46-48H,4-22,39H2,1-3H3,(H,40,45)(H,49,50,51)/t23?,24?,25?,27-,28-,29-,30?,31?,32?,33+,34+,35+,36?,37?,38?/m0/s1. The SMILES string of the molecule is CCCCCCCCCCCCCCCCCC(=O)N[C@@H]1C(O[C@@H]2C(CO)OC(OC)[C@@H](N)C2O)OC(CO)[C@@H](OC2OC(CO)[C@@H](OC)C(O)[C@@H]2NS(=O)(=O)O)C1O. The first-order valence-electron chi connectivity index (χ1n) is 21.2. The van der Waals surface area contributed by atoms with Crippen molar-refractivity contribution in [2.24, 2.45) is 5.73 Å². The molecule has 0 aliphatic carbocycles. The smallest absolute Gasteiger partial charge is 0.333 e. The Morgan fingerprint density at radius 3 is 1.46 bits per heavy atom. The highest BCUT2D eigenvalue weighted by Crippen LogP contribution is 2.33. The average Bonchev–Trinajstić information content (AvgIpc) is 3.20. The third-order valence-corrected chi connectivity index (χ3v) is 11.9. The predicted octanol–water partition coefficient (Wildman–Crippen LogP) is -0.513. The summed E-state index contributed by atoms with van der Waals surface area (Å²) in [7, 11) is -2.53. The summed E-state index contributed by atoms with van der Waals surface area (Å²) < 4.78 is 75.0. The average molecular weight is 876 g/mol. The molecule has 0 bridgehead atoms. The zero-order chi connectivity index (χ0) is 43.5. The van der Waals surface area contributed by atoms with Gasteiger partial charge in [0.15, 0.2) is 18.9 Å². The summed E-state index contributed by atoms with van der Waals surface area (Å²) in [4.78, 5) is 13.4. The van der Waals surface area contributed by atoms with Gasteiger partial charge in [0.2, 0.25) is 5.91 Å². The van der Waals surface area contributed by atoms with Crippen molar-refractivity contribution >= 4 is 16.2 Å². The summed E-state index contributed by atoms with van der Waals surface area (Å²) in [6.07, 6.45) is -0.674. The highest BCUT2D eigenvalue weighted by molar-refractivity contribution is 7.83. The fraction of sp³-hybridized carbons (Fsp3) is 0.974. The van der Waals surface area contributed by atoms with E-state index in [1.165, 1.54) is 78.4 Å². The highest BCUT2D eigenvalue weighted by Gasteiger charge is 2.54. The maximum absolute atomic E-state index is 13.4. The molecule has 0 spiro atoms. The lowest BCUT2D eigenvalue weighted by Gasteiger charge is -2.50. The van der Waals surface area contributed by atoms with Crippen molar-refractivity contribution in [1.29, 1.82) is 0 Å². The van der Waals surface area contributed by atoms with Crippen molar-refractivity contribution in [1.82, 2.24) is 10.0 Å². The molecule has 3 fully saturated rings. The van der Waals surface area contributed by atoms with E-state index >= 15 is 0 Å². The molecule has 1 amide bonds. The van der Waals surface area contributed by atoms with Gasteiger partial charge in [0, 0.05) is 20.6 Å². The van der Waals surface area contributed by atoms with Gasteiger partial charge in [0.25, 0.3) is 0 Å². The van der Waals surface area contributed by atoms with Crippen LogP contribution in [0.1, 0.15) is 110 Å². The quantitative estimate of drug-likeness (QED) is 0.0350. The topological polar surface area (TPSA) is 308 Å². The van der Waals surface area contributed by atoms with Crippen molar-refractivity contribution in [3.8, 4) is 0 Å². The zero-order valence-corrected chi connectivity index (χ0v) is 35.6. The first kappa shape index (κ1) is 52.1. The number of hydrogen-bond acceptors (Lipinski definition) is 17. The molecule has 348 valence electrons. The van der Waals surface area contributed by atoms with Gasteiger partial charge in [-0.25, -0.2) is 0 Å². The highest BCUT2D eigenvalue weighted by atomic mass is 32.2. The summed E-state index contributed by atoms with van der Waals surface area (Å²) in [6.45, 7) is -0.00996. The monoisotopic (exact) mass is 875 g/mol. The molecular weight excluding hydrogens is 802 g/mol. The number of unbranched alkanes of at least 4 members (excludes halogenated alkanes) is 14. The van der Waals surface area contributed by atoms with E-state index in [9.17, 15) is 48.4 Å². The molecule has 3 aliphatic heterocycles. The minimum absolute atomic E-state index is 0.0623. The van der Waals surface area contributed by atoms with E-state index in [2.05, 4.69) is 12.2 Å². The number of amides is 1. The van der Waals surface area contributed by atoms with Gasteiger partial charge in [-0.2, -0.15) is 13.1 Å². The van der Waals surface area contributed by atoms with E-state index in [0.717, 1.165) is 25.7 Å². The molecule has 9 unspecified atom stereocenters. The lowest BCUT2D eigenvalue weighted by Crippen LogP contribution is -2.70. The Kier molecular flexibility index (Phi) is 23.9. The van der Waals surface area contributed by atoms with Crippen molar-refractivity contribution in [3.05, 3.63) is 0 Å². The van der Waals surface area contributed by atoms with E-state index in [4.69, 9.17) is 38.9 Å². The molecule has 3 rings (SSSR count). The van der Waals surface area contributed by atoms with Gasteiger partial charge in [0.1, 0.15) is 67.0 Å². The van der Waals surface area contributed by atoms with E-state index in [0.29, 0.717) is 6.42 Å². The second-order valence-electron chi connectivity index (χ2n) is 15.8. The van der Waals surface area contributed by atoms with Crippen LogP contribution in [0.5, 0.6) is 0 Å². The second kappa shape index (κ2) is 27.1. The summed E-state index contributed by atoms with van der Waals surface area (Å²) in [5.74, 6) is -0.504. The van der Waals surface area contributed by atoms with Crippen molar-refractivity contribution in [2.75, 3.05) is 34.0 Å². The van der Waals surface area contributed by atoms with Crippen LogP contribution in [-0.4, -0.2) is 175 Å². The molecule has 21 heteroatoms. The number of nitrogens with one attached hydrogen (secondary N) is 2. The van der Waals surface area contributed by atoms with Crippen LogP contribution in [0.2, 0.25) is 0 Å². The lowest BCUT2D eigenvalue weighted by molar-refractivity contribution is -0.352. The first-order chi connectivity index (χ1) is 28.2. The normalized spacial score (nSPS) is 35.5. The van der Waals surface area contributed by atoms with E-state index < -0.39 is 128 Å². The molecular formula is C38H73N3O17S. The molecule has 0 aromatic carbocycles.